The Balaban J connectivity index is 1.78. The molecule has 2 aromatic carbocycles. The van der Waals surface area contributed by atoms with Crippen molar-refractivity contribution in [3.05, 3.63) is 65.2 Å². The summed E-state index contributed by atoms with van der Waals surface area (Å²) in [7, 11) is 0. The predicted molar refractivity (Wildman–Crippen MR) is 77.5 cm³/mol. The van der Waals surface area contributed by atoms with E-state index in [1.54, 1.807) is 0 Å². The lowest BCUT2D eigenvalue weighted by molar-refractivity contribution is 0.302. The highest BCUT2D eigenvalue weighted by molar-refractivity contribution is 5.41. The summed E-state index contributed by atoms with van der Waals surface area (Å²) in [5, 5.41) is 3.44. The van der Waals surface area contributed by atoms with Gasteiger partial charge in [-0.1, -0.05) is 42.5 Å². The number of ether oxygens (including phenoxy) is 1. The van der Waals surface area contributed by atoms with Crippen molar-refractivity contribution < 1.29 is 4.74 Å². The van der Waals surface area contributed by atoms with Crippen molar-refractivity contribution in [1.29, 1.82) is 0 Å². The number of hydrogen-bond donors (Lipinski definition) is 1. The van der Waals surface area contributed by atoms with E-state index in [9.17, 15) is 0 Å². The fourth-order valence-electron chi connectivity index (χ4n) is 2.56. The Bertz CT molecular complexity index is 536. The van der Waals surface area contributed by atoms with Crippen LogP contribution < -0.4 is 10.1 Å². The third kappa shape index (κ3) is 2.96. The summed E-state index contributed by atoms with van der Waals surface area (Å²) in [6.45, 7) is 2.75. The van der Waals surface area contributed by atoms with Gasteiger partial charge in [-0.3, -0.25) is 0 Å². The first-order valence-corrected chi connectivity index (χ1v) is 6.92. The molecule has 98 valence electrons. The highest BCUT2D eigenvalue weighted by Gasteiger charge is 2.12. The number of nitrogens with one attached hydrogen (secondary N) is 1. The third-order valence-corrected chi connectivity index (χ3v) is 3.59. The molecule has 1 N–H and O–H groups in total. The lowest BCUT2D eigenvalue weighted by Crippen LogP contribution is -2.16. The molecule has 0 spiro atoms. The highest BCUT2D eigenvalue weighted by Crippen LogP contribution is 2.25. The molecule has 0 unspecified atom stereocenters. The fourth-order valence-corrected chi connectivity index (χ4v) is 2.56. The maximum Gasteiger partial charge on any atom is 0.123 e. The zero-order chi connectivity index (χ0) is 12.9. The lowest BCUT2D eigenvalue weighted by Gasteiger charge is -2.13. The van der Waals surface area contributed by atoms with Crippen LogP contribution in [0.2, 0.25) is 0 Å². The standard InChI is InChI=1S/C17H19NO/c1-2-5-14(6-3-1)13-19-17-8-4-7-15-9-11-18-12-10-16(15)17/h1-8,18H,9-13H2. The fraction of sp³-hybridized carbons (Fsp3) is 0.294. The van der Waals surface area contributed by atoms with Gasteiger partial charge in [0.15, 0.2) is 0 Å². The maximum atomic E-state index is 6.02. The number of fused-ring (bicyclic) bond motifs is 1. The van der Waals surface area contributed by atoms with Gasteiger partial charge in [-0.05, 0) is 48.7 Å². The van der Waals surface area contributed by atoms with Gasteiger partial charge in [0.25, 0.3) is 0 Å². The van der Waals surface area contributed by atoms with Crippen LogP contribution in [0.5, 0.6) is 5.75 Å². The second kappa shape index (κ2) is 5.89. The largest absolute Gasteiger partial charge is 0.489 e. The van der Waals surface area contributed by atoms with Gasteiger partial charge in [0.1, 0.15) is 12.4 Å². The zero-order valence-corrected chi connectivity index (χ0v) is 11.1. The summed E-state index contributed by atoms with van der Waals surface area (Å²) in [5.41, 5.74) is 4.02. The summed E-state index contributed by atoms with van der Waals surface area (Å²) in [4.78, 5) is 0. The van der Waals surface area contributed by atoms with Crippen LogP contribution >= 0.6 is 0 Å². The average Bonchev–Trinajstić information content (AvgIpc) is 2.72. The van der Waals surface area contributed by atoms with Crippen molar-refractivity contribution in [3.8, 4) is 5.75 Å². The minimum absolute atomic E-state index is 0.644. The minimum atomic E-state index is 0.644. The molecule has 0 amide bonds. The molecule has 2 heteroatoms. The molecular formula is C17H19NO. The molecule has 0 saturated carbocycles. The minimum Gasteiger partial charge on any atom is -0.489 e. The molecule has 0 bridgehead atoms. The van der Waals surface area contributed by atoms with Gasteiger partial charge in [0.05, 0.1) is 0 Å². The number of benzene rings is 2. The molecule has 0 saturated heterocycles. The van der Waals surface area contributed by atoms with E-state index in [0.717, 1.165) is 31.7 Å². The second-order valence-corrected chi connectivity index (χ2v) is 4.92. The Kier molecular flexibility index (Phi) is 3.80. The van der Waals surface area contributed by atoms with Crippen molar-refractivity contribution in [2.45, 2.75) is 19.4 Å². The molecule has 3 rings (SSSR count). The highest BCUT2D eigenvalue weighted by atomic mass is 16.5. The van der Waals surface area contributed by atoms with Gasteiger partial charge in [0, 0.05) is 0 Å². The van der Waals surface area contributed by atoms with E-state index < -0.39 is 0 Å². The van der Waals surface area contributed by atoms with E-state index in [1.807, 2.05) is 18.2 Å². The smallest absolute Gasteiger partial charge is 0.123 e. The van der Waals surface area contributed by atoms with Gasteiger partial charge < -0.3 is 10.1 Å². The Hall–Kier alpha value is -1.80. The number of rotatable bonds is 3. The van der Waals surface area contributed by atoms with Crippen molar-refractivity contribution in [2.24, 2.45) is 0 Å². The molecule has 0 atom stereocenters. The van der Waals surface area contributed by atoms with Gasteiger partial charge in [-0.25, -0.2) is 0 Å². The molecule has 2 nitrogen and oxygen atoms in total. The van der Waals surface area contributed by atoms with E-state index in [4.69, 9.17) is 4.74 Å². The van der Waals surface area contributed by atoms with Gasteiger partial charge in [-0.15, -0.1) is 0 Å². The van der Waals surface area contributed by atoms with Gasteiger partial charge in [0.2, 0.25) is 0 Å². The van der Waals surface area contributed by atoms with Crippen molar-refractivity contribution in [3.63, 3.8) is 0 Å². The summed E-state index contributed by atoms with van der Waals surface area (Å²) in [6, 6.07) is 16.7. The maximum absolute atomic E-state index is 6.02. The first-order chi connectivity index (χ1) is 9.43. The molecule has 1 aliphatic heterocycles. The van der Waals surface area contributed by atoms with Crippen LogP contribution in [0.15, 0.2) is 48.5 Å². The topological polar surface area (TPSA) is 21.3 Å². The molecule has 0 radical (unpaired) electrons. The third-order valence-electron chi connectivity index (χ3n) is 3.59. The van der Waals surface area contributed by atoms with Crippen LogP contribution in [0, 0.1) is 0 Å². The molecule has 0 aliphatic carbocycles. The average molecular weight is 253 g/mol. The summed E-state index contributed by atoms with van der Waals surface area (Å²) < 4.78 is 6.02. The van der Waals surface area contributed by atoms with Gasteiger partial charge >= 0.3 is 0 Å². The lowest BCUT2D eigenvalue weighted by atomic mass is 10.0. The monoisotopic (exact) mass is 253 g/mol. The van der Waals surface area contributed by atoms with Crippen LogP contribution in [-0.4, -0.2) is 13.1 Å². The zero-order valence-electron chi connectivity index (χ0n) is 11.1. The molecule has 19 heavy (non-hydrogen) atoms. The van der Waals surface area contributed by atoms with E-state index in [2.05, 4.69) is 35.6 Å². The first kappa shape index (κ1) is 12.2. The van der Waals surface area contributed by atoms with E-state index in [-0.39, 0.29) is 0 Å². The molecule has 0 fully saturated rings. The second-order valence-electron chi connectivity index (χ2n) is 4.92. The molecule has 2 aromatic rings. The van der Waals surface area contributed by atoms with E-state index in [1.165, 1.54) is 16.7 Å². The number of hydrogen-bond acceptors (Lipinski definition) is 2. The van der Waals surface area contributed by atoms with Crippen LogP contribution in [-0.2, 0) is 19.4 Å². The Labute approximate surface area is 114 Å². The SMILES string of the molecule is c1ccc(COc2cccc3c2CCNCC3)cc1. The Morgan fingerprint density at radius 1 is 0.895 bits per heavy atom. The first-order valence-electron chi connectivity index (χ1n) is 6.92. The Morgan fingerprint density at radius 2 is 1.74 bits per heavy atom. The summed E-state index contributed by atoms with van der Waals surface area (Å²) in [6.07, 6.45) is 2.15. The van der Waals surface area contributed by atoms with Crippen molar-refractivity contribution in [2.75, 3.05) is 13.1 Å². The van der Waals surface area contributed by atoms with E-state index in [0.29, 0.717) is 6.61 Å². The van der Waals surface area contributed by atoms with Crippen LogP contribution in [0.3, 0.4) is 0 Å². The molecule has 1 heterocycles. The van der Waals surface area contributed by atoms with E-state index >= 15 is 0 Å². The molecule has 1 aliphatic rings. The van der Waals surface area contributed by atoms with Crippen molar-refractivity contribution >= 4 is 0 Å². The van der Waals surface area contributed by atoms with Crippen LogP contribution in [0.1, 0.15) is 16.7 Å². The van der Waals surface area contributed by atoms with Gasteiger partial charge in [-0.2, -0.15) is 0 Å². The summed E-state index contributed by atoms with van der Waals surface area (Å²) >= 11 is 0. The van der Waals surface area contributed by atoms with Crippen LogP contribution in [0.25, 0.3) is 0 Å². The van der Waals surface area contributed by atoms with Crippen molar-refractivity contribution in [1.82, 2.24) is 5.32 Å². The molecular weight excluding hydrogens is 234 g/mol. The normalized spacial score (nSPS) is 14.5. The quantitative estimate of drug-likeness (QED) is 0.908. The Morgan fingerprint density at radius 3 is 2.63 bits per heavy atom. The summed E-state index contributed by atoms with van der Waals surface area (Å²) in [5.74, 6) is 1.05. The molecule has 0 aromatic heterocycles. The predicted octanol–water partition coefficient (Wildman–Crippen LogP) is 2.95. The van der Waals surface area contributed by atoms with Crippen LogP contribution in [0.4, 0.5) is 0 Å².